The Labute approximate surface area is 99.0 Å². The first-order valence-corrected chi connectivity index (χ1v) is 5.30. The van der Waals surface area contributed by atoms with Crippen LogP contribution in [0.4, 0.5) is 0 Å². The Morgan fingerprint density at radius 3 is 2.71 bits per heavy atom. The molecular formula is C10H16N4O3. The molecule has 1 aromatic heterocycles. The molecule has 1 heterocycles. The fourth-order valence-electron chi connectivity index (χ4n) is 1.23. The number of carboxylic acids is 1. The molecule has 0 atom stereocenters. The van der Waals surface area contributed by atoms with Gasteiger partial charge in [0.1, 0.15) is 0 Å². The van der Waals surface area contributed by atoms with E-state index in [-0.39, 0.29) is 12.3 Å². The van der Waals surface area contributed by atoms with Crippen LogP contribution in [0, 0.1) is 0 Å². The molecule has 0 aliphatic rings. The second kappa shape index (κ2) is 5.97. The normalized spacial score (nSPS) is 10.2. The maximum Gasteiger partial charge on any atom is 0.303 e. The first-order chi connectivity index (χ1) is 7.99. The van der Waals surface area contributed by atoms with Crippen molar-refractivity contribution in [2.75, 3.05) is 14.1 Å². The smallest absolute Gasteiger partial charge is 0.303 e. The second-order valence-corrected chi connectivity index (χ2v) is 3.90. The summed E-state index contributed by atoms with van der Waals surface area (Å²) < 4.78 is 1.55. The molecule has 17 heavy (non-hydrogen) atoms. The predicted molar refractivity (Wildman–Crippen MR) is 59.3 cm³/mol. The average Bonchev–Trinajstić information content (AvgIpc) is 2.70. The Hall–Kier alpha value is -1.92. The number of carbonyl (C=O) groups is 2. The van der Waals surface area contributed by atoms with Crippen LogP contribution >= 0.6 is 0 Å². The van der Waals surface area contributed by atoms with Crippen LogP contribution in [-0.2, 0) is 22.6 Å². The summed E-state index contributed by atoms with van der Waals surface area (Å²) in [6.07, 6.45) is 2.42. The Bertz CT molecular complexity index is 400. The average molecular weight is 240 g/mol. The standard InChI is InChI=1S/C10H16N4O3/c1-13(2)9(15)5-6-14-7-8(11-12-14)3-4-10(16)17/h7H,3-6H2,1-2H3,(H,16,17). The van der Waals surface area contributed by atoms with Gasteiger partial charge in [-0.15, -0.1) is 5.10 Å². The van der Waals surface area contributed by atoms with Crippen LogP contribution in [0.3, 0.4) is 0 Å². The summed E-state index contributed by atoms with van der Waals surface area (Å²) in [5.41, 5.74) is 0.629. The van der Waals surface area contributed by atoms with Gasteiger partial charge >= 0.3 is 5.97 Å². The third-order valence-electron chi connectivity index (χ3n) is 2.23. The van der Waals surface area contributed by atoms with Crippen molar-refractivity contribution in [1.29, 1.82) is 0 Å². The Morgan fingerprint density at radius 2 is 2.12 bits per heavy atom. The highest BCUT2D eigenvalue weighted by molar-refractivity contribution is 5.75. The maximum absolute atomic E-state index is 11.3. The van der Waals surface area contributed by atoms with Crippen LogP contribution in [0.25, 0.3) is 0 Å². The second-order valence-electron chi connectivity index (χ2n) is 3.90. The largest absolute Gasteiger partial charge is 0.481 e. The van der Waals surface area contributed by atoms with Crippen molar-refractivity contribution in [3.63, 3.8) is 0 Å². The van der Waals surface area contributed by atoms with Gasteiger partial charge in [0, 0.05) is 33.1 Å². The minimum atomic E-state index is -0.859. The van der Waals surface area contributed by atoms with Crippen LogP contribution in [0.15, 0.2) is 6.20 Å². The number of aromatic nitrogens is 3. The molecule has 0 saturated carbocycles. The molecule has 1 amide bonds. The lowest BCUT2D eigenvalue weighted by atomic mass is 10.2. The first-order valence-electron chi connectivity index (χ1n) is 5.30. The molecule has 0 aliphatic carbocycles. The number of carbonyl (C=O) groups excluding carboxylic acids is 1. The molecule has 1 N–H and O–H groups in total. The number of aryl methyl sites for hydroxylation is 2. The van der Waals surface area contributed by atoms with Crippen LogP contribution in [-0.4, -0.2) is 51.0 Å². The van der Waals surface area contributed by atoms with Gasteiger partial charge < -0.3 is 10.0 Å². The zero-order chi connectivity index (χ0) is 12.8. The molecule has 0 aliphatic heterocycles. The lowest BCUT2D eigenvalue weighted by molar-refractivity contribution is -0.137. The lowest BCUT2D eigenvalue weighted by Crippen LogP contribution is -2.22. The summed E-state index contributed by atoms with van der Waals surface area (Å²) >= 11 is 0. The van der Waals surface area contributed by atoms with Crippen molar-refractivity contribution in [2.45, 2.75) is 25.8 Å². The highest BCUT2D eigenvalue weighted by Gasteiger charge is 2.07. The van der Waals surface area contributed by atoms with Gasteiger partial charge in [-0.3, -0.25) is 14.3 Å². The summed E-state index contributed by atoms with van der Waals surface area (Å²) in [5, 5.41) is 16.2. The van der Waals surface area contributed by atoms with Crippen LogP contribution in [0.5, 0.6) is 0 Å². The van der Waals surface area contributed by atoms with E-state index in [1.54, 1.807) is 25.0 Å². The van der Waals surface area contributed by atoms with Crippen LogP contribution < -0.4 is 0 Å². The number of nitrogens with zero attached hydrogens (tertiary/aromatic N) is 4. The third-order valence-corrected chi connectivity index (χ3v) is 2.23. The van der Waals surface area contributed by atoms with E-state index in [1.807, 2.05) is 0 Å². The highest BCUT2D eigenvalue weighted by atomic mass is 16.4. The topological polar surface area (TPSA) is 88.3 Å². The van der Waals surface area contributed by atoms with E-state index < -0.39 is 5.97 Å². The molecule has 0 bridgehead atoms. The van der Waals surface area contributed by atoms with Gasteiger partial charge in [-0.1, -0.05) is 5.21 Å². The van der Waals surface area contributed by atoms with E-state index >= 15 is 0 Å². The summed E-state index contributed by atoms with van der Waals surface area (Å²) in [4.78, 5) is 23.2. The number of rotatable bonds is 6. The SMILES string of the molecule is CN(C)C(=O)CCn1cc(CCC(=O)O)nn1. The van der Waals surface area contributed by atoms with Crippen molar-refractivity contribution in [3.8, 4) is 0 Å². The van der Waals surface area contributed by atoms with Crippen molar-refractivity contribution in [1.82, 2.24) is 19.9 Å². The number of carboxylic acid groups (broad SMARTS) is 1. The quantitative estimate of drug-likeness (QED) is 0.742. The van der Waals surface area contributed by atoms with E-state index in [1.165, 1.54) is 4.90 Å². The van der Waals surface area contributed by atoms with Crippen molar-refractivity contribution in [2.24, 2.45) is 0 Å². The molecular weight excluding hydrogens is 224 g/mol. The predicted octanol–water partition coefficient (Wildman–Crippen LogP) is -0.226. The maximum atomic E-state index is 11.3. The van der Waals surface area contributed by atoms with Crippen LogP contribution in [0.2, 0.25) is 0 Å². The number of amides is 1. The summed E-state index contributed by atoms with van der Waals surface area (Å²) in [6, 6.07) is 0. The molecule has 94 valence electrons. The van der Waals surface area contributed by atoms with Gasteiger partial charge in [-0.2, -0.15) is 0 Å². The zero-order valence-corrected chi connectivity index (χ0v) is 9.96. The van der Waals surface area contributed by atoms with Crippen molar-refractivity contribution < 1.29 is 14.7 Å². The molecule has 0 radical (unpaired) electrons. The molecule has 0 saturated heterocycles. The molecule has 1 rings (SSSR count). The Balaban J connectivity index is 2.40. The number of hydrogen-bond acceptors (Lipinski definition) is 4. The number of hydrogen-bond donors (Lipinski definition) is 1. The first kappa shape index (κ1) is 13.1. The fraction of sp³-hybridized carbons (Fsp3) is 0.600. The Kier molecular flexibility index (Phi) is 4.62. The van der Waals surface area contributed by atoms with Crippen LogP contribution in [0.1, 0.15) is 18.5 Å². The van der Waals surface area contributed by atoms with Crippen molar-refractivity contribution in [3.05, 3.63) is 11.9 Å². The highest BCUT2D eigenvalue weighted by Crippen LogP contribution is 1.99. The van der Waals surface area contributed by atoms with Crippen molar-refractivity contribution >= 4 is 11.9 Å². The van der Waals surface area contributed by atoms with Gasteiger partial charge in [0.25, 0.3) is 0 Å². The van der Waals surface area contributed by atoms with Gasteiger partial charge in [0.15, 0.2) is 0 Å². The molecule has 0 unspecified atom stereocenters. The third kappa shape index (κ3) is 4.62. The molecule has 0 fully saturated rings. The van der Waals surface area contributed by atoms with E-state index in [2.05, 4.69) is 10.3 Å². The fourth-order valence-corrected chi connectivity index (χ4v) is 1.23. The van der Waals surface area contributed by atoms with Gasteiger partial charge in [0.05, 0.1) is 18.7 Å². The number of aliphatic carboxylic acids is 1. The molecule has 0 aromatic carbocycles. The molecule has 7 heteroatoms. The van der Waals surface area contributed by atoms with Gasteiger partial charge in [0.2, 0.25) is 5.91 Å². The van der Waals surface area contributed by atoms with E-state index in [0.29, 0.717) is 25.1 Å². The summed E-state index contributed by atoms with van der Waals surface area (Å²) in [7, 11) is 3.39. The minimum Gasteiger partial charge on any atom is -0.481 e. The summed E-state index contributed by atoms with van der Waals surface area (Å²) in [5.74, 6) is -0.838. The van der Waals surface area contributed by atoms with E-state index in [9.17, 15) is 9.59 Å². The molecule has 7 nitrogen and oxygen atoms in total. The van der Waals surface area contributed by atoms with Gasteiger partial charge in [-0.25, -0.2) is 0 Å². The van der Waals surface area contributed by atoms with E-state index in [0.717, 1.165) is 0 Å². The molecule has 0 spiro atoms. The summed E-state index contributed by atoms with van der Waals surface area (Å²) in [6.45, 7) is 0.455. The zero-order valence-electron chi connectivity index (χ0n) is 9.96. The molecule has 1 aromatic rings. The Morgan fingerprint density at radius 1 is 1.41 bits per heavy atom. The lowest BCUT2D eigenvalue weighted by Gasteiger charge is -2.09. The minimum absolute atomic E-state index is 0.0209. The van der Waals surface area contributed by atoms with E-state index in [4.69, 9.17) is 5.11 Å². The monoisotopic (exact) mass is 240 g/mol. The van der Waals surface area contributed by atoms with Gasteiger partial charge in [-0.05, 0) is 0 Å².